The number of fused-ring (bicyclic) bond motifs is 1. The Morgan fingerprint density at radius 3 is 2.55 bits per heavy atom. The van der Waals surface area contributed by atoms with Gasteiger partial charge in [-0.1, -0.05) is 30.3 Å². The zero-order chi connectivity index (χ0) is 20.2. The number of nitrogens with one attached hydrogen (secondary N) is 2. The molecule has 148 valence electrons. The Kier molecular flexibility index (Phi) is 5.29. The fourth-order valence-electron chi connectivity index (χ4n) is 3.57. The third-order valence-corrected chi connectivity index (χ3v) is 5.10. The summed E-state index contributed by atoms with van der Waals surface area (Å²) in [4.78, 5) is 33.8. The summed E-state index contributed by atoms with van der Waals surface area (Å²) in [5, 5.41) is 3.71. The number of nitrogens with zero attached hydrogens (tertiary/aromatic N) is 2. The second kappa shape index (κ2) is 8.18. The van der Waals surface area contributed by atoms with Crippen molar-refractivity contribution >= 4 is 40.4 Å². The number of H-pyrrole nitrogens is 1. The van der Waals surface area contributed by atoms with Crippen molar-refractivity contribution in [3.8, 4) is 0 Å². The molecule has 3 aromatic rings. The van der Waals surface area contributed by atoms with Gasteiger partial charge in [0.25, 0.3) is 0 Å². The number of likely N-dealkylation sites (tertiary alicyclic amines) is 1. The molecule has 2 aromatic heterocycles. The molecule has 0 saturated carbocycles. The maximum atomic E-state index is 12.4. The minimum Gasteiger partial charge on any atom is -0.366 e. The van der Waals surface area contributed by atoms with Gasteiger partial charge in [-0.3, -0.25) is 10.1 Å². The number of benzene rings is 1. The van der Waals surface area contributed by atoms with Crippen molar-refractivity contribution in [1.82, 2.24) is 14.9 Å². The Labute approximate surface area is 168 Å². The summed E-state index contributed by atoms with van der Waals surface area (Å²) in [6, 6.07) is 12.8. The van der Waals surface area contributed by atoms with E-state index in [1.165, 1.54) is 6.42 Å². The molecule has 1 aliphatic rings. The highest BCUT2D eigenvalue weighted by atomic mass is 16.2. The average Bonchev–Trinajstić information content (AvgIpc) is 3.15. The zero-order valence-electron chi connectivity index (χ0n) is 16.0. The number of piperidine rings is 1. The molecule has 0 atom stereocenters. The molecule has 4 rings (SSSR count). The maximum absolute atomic E-state index is 12.4. The van der Waals surface area contributed by atoms with Crippen molar-refractivity contribution in [1.29, 1.82) is 0 Å². The number of rotatable bonds is 4. The van der Waals surface area contributed by atoms with Crippen molar-refractivity contribution in [2.75, 3.05) is 18.4 Å². The number of anilines is 1. The lowest BCUT2D eigenvalue weighted by Crippen LogP contribution is -2.38. The zero-order valence-corrected chi connectivity index (χ0v) is 16.0. The molecule has 0 spiro atoms. The number of amides is 3. The van der Waals surface area contributed by atoms with Crippen LogP contribution in [0.25, 0.3) is 22.7 Å². The van der Waals surface area contributed by atoms with Gasteiger partial charge >= 0.3 is 6.03 Å². The molecule has 1 saturated heterocycles. The summed E-state index contributed by atoms with van der Waals surface area (Å²) in [6.45, 7) is 1.56. The molecule has 1 aliphatic heterocycles. The van der Waals surface area contributed by atoms with E-state index in [-0.39, 0.29) is 6.03 Å². The minimum atomic E-state index is -0.496. The van der Waals surface area contributed by atoms with Gasteiger partial charge in [-0.25, -0.2) is 9.78 Å². The van der Waals surface area contributed by atoms with E-state index in [9.17, 15) is 9.59 Å². The first-order valence-corrected chi connectivity index (χ1v) is 9.73. The molecule has 0 aliphatic carbocycles. The molecule has 1 aromatic carbocycles. The largest absolute Gasteiger partial charge is 0.366 e. The van der Waals surface area contributed by atoms with E-state index in [2.05, 4.69) is 15.3 Å². The van der Waals surface area contributed by atoms with Crippen LogP contribution in [0.5, 0.6) is 0 Å². The first kappa shape index (κ1) is 18.7. The van der Waals surface area contributed by atoms with Gasteiger partial charge in [-0.05, 0) is 43.0 Å². The van der Waals surface area contributed by atoms with E-state index in [0.717, 1.165) is 42.4 Å². The van der Waals surface area contributed by atoms with Gasteiger partial charge in [-0.2, -0.15) is 0 Å². The number of primary amides is 1. The molecule has 0 bridgehead atoms. The van der Waals surface area contributed by atoms with Crippen LogP contribution in [-0.4, -0.2) is 39.9 Å². The fraction of sp³-hybridized carbons (Fsp3) is 0.227. The standard InChI is InChI=1S/C22H23N5O2/c23-20(28)18(15-7-3-1-4-8-15)13-16-14-24-21-17(16)9-10-19(25-21)26-22(29)27-11-5-2-6-12-27/h1,3-4,7-10,13-14H,2,5-6,11-12H2,(H2,23,28)(H2,24,25,26,29). The number of nitrogens with two attached hydrogens (primary N) is 1. The van der Waals surface area contributed by atoms with E-state index in [1.807, 2.05) is 41.3 Å². The van der Waals surface area contributed by atoms with Crippen LogP contribution >= 0.6 is 0 Å². The summed E-state index contributed by atoms with van der Waals surface area (Å²) in [6.07, 6.45) is 6.78. The smallest absolute Gasteiger partial charge is 0.323 e. The molecule has 0 unspecified atom stereocenters. The molecular formula is C22H23N5O2. The molecule has 3 amide bonds. The topological polar surface area (TPSA) is 104 Å². The molecule has 4 N–H and O–H groups in total. The first-order valence-electron chi connectivity index (χ1n) is 9.73. The van der Waals surface area contributed by atoms with Crippen molar-refractivity contribution in [2.24, 2.45) is 5.73 Å². The van der Waals surface area contributed by atoms with Crippen LogP contribution in [0.2, 0.25) is 0 Å². The van der Waals surface area contributed by atoms with E-state index in [0.29, 0.717) is 17.0 Å². The Morgan fingerprint density at radius 1 is 1.07 bits per heavy atom. The molecule has 3 heterocycles. The quantitative estimate of drug-likeness (QED) is 0.594. The molecule has 7 heteroatoms. The summed E-state index contributed by atoms with van der Waals surface area (Å²) >= 11 is 0. The highest BCUT2D eigenvalue weighted by Gasteiger charge is 2.17. The highest BCUT2D eigenvalue weighted by Crippen LogP contribution is 2.24. The number of hydrogen-bond acceptors (Lipinski definition) is 3. The molecule has 0 radical (unpaired) electrons. The van der Waals surface area contributed by atoms with Crippen molar-refractivity contribution in [3.63, 3.8) is 0 Å². The number of urea groups is 1. The van der Waals surface area contributed by atoms with Gasteiger partial charge in [0.1, 0.15) is 11.5 Å². The number of carbonyl (C=O) groups excluding carboxylic acids is 2. The third-order valence-electron chi connectivity index (χ3n) is 5.10. The van der Waals surface area contributed by atoms with Crippen LogP contribution in [-0.2, 0) is 4.79 Å². The van der Waals surface area contributed by atoms with E-state index in [1.54, 1.807) is 18.3 Å². The van der Waals surface area contributed by atoms with Crippen LogP contribution in [0.15, 0.2) is 48.7 Å². The molecule has 1 fully saturated rings. The summed E-state index contributed by atoms with van der Waals surface area (Å²) in [7, 11) is 0. The minimum absolute atomic E-state index is 0.122. The lowest BCUT2D eigenvalue weighted by atomic mass is 10.0. The molecule has 29 heavy (non-hydrogen) atoms. The Morgan fingerprint density at radius 2 is 1.83 bits per heavy atom. The number of pyridine rings is 1. The number of carbonyl (C=O) groups is 2. The average molecular weight is 389 g/mol. The predicted molar refractivity (Wildman–Crippen MR) is 114 cm³/mol. The Balaban J connectivity index is 1.59. The van der Waals surface area contributed by atoms with Crippen LogP contribution in [0.3, 0.4) is 0 Å². The van der Waals surface area contributed by atoms with E-state index in [4.69, 9.17) is 5.73 Å². The van der Waals surface area contributed by atoms with Gasteiger partial charge < -0.3 is 15.6 Å². The molecule has 7 nitrogen and oxygen atoms in total. The lowest BCUT2D eigenvalue weighted by Gasteiger charge is -2.26. The van der Waals surface area contributed by atoms with Gasteiger partial charge in [0.2, 0.25) is 5.91 Å². The van der Waals surface area contributed by atoms with Gasteiger partial charge in [-0.15, -0.1) is 0 Å². The van der Waals surface area contributed by atoms with Gasteiger partial charge in [0.05, 0.1) is 0 Å². The third kappa shape index (κ3) is 4.13. The van der Waals surface area contributed by atoms with Crippen LogP contribution in [0.1, 0.15) is 30.4 Å². The van der Waals surface area contributed by atoms with Crippen molar-refractivity contribution in [3.05, 3.63) is 59.8 Å². The lowest BCUT2D eigenvalue weighted by molar-refractivity contribution is -0.112. The second-order valence-corrected chi connectivity index (χ2v) is 7.10. The van der Waals surface area contributed by atoms with Crippen molar-refractivity contribution in [2.45, 2.75) is 19.3 Å². The molecular weight excluding hydrogens is 366 g/mol. The van der Waals surface area contributed by atoms with E-state index < -0.39 is 5.91 Å². The summed E-state index contributed by atoms with van der Waals surface area (Å²) < 4.78 is 0. The van der Waals surface area contributed by atoms with Gasteiger partial charge in [0.15, 0.2) is 0 Å². The monoisotopic (exact) mass is 389 g/mol. The number of aromatic amines is 1. The number of aromatic nitrogens is 2. The number of hydrogen-bond donors (Lipinski definition) is 3. The first-order chi connectivity index (χ1) is 14.1. The van der Waals surface area contributed by atoms with Crippen LogP contribution in [0.4, 0.5) is 10.6 Å². The summed E-state index contributed by atoms with van der Waals surface area (Å²) in [5.41, 5.74) is 8.21. The highest BCUT2D eigenvalue weighted by molar-refractivity contribution is 6.24. The summed E-state index contributed by atoms with van der Waals surface area (Å²) in [5.74, 6) is -0.00689. The van der Waals surface area contributed by atoms with E-state index >= 15 is 0 Å². The van der Waals surface area contributed by atoms with Crippen LogP contribution in [0, 0.1) is 0 Å². The fourth-order valence-corrected chi connectivity index (χ4v) is 3.57. The Hall–Kier alpha value is -3.61. The van der Waals surface area contributed by atoms with Crippen LogP contribution < -0.4 is 11.1 Å². The second-order valence-electron chi connectivity index (χ2n) is 7.10. The normalized spacial score (nSPS) is 14.8. The van der Waals surface area contributed by atoms with Gasteiger partial charge in [0, 0.05) is 35.8 Å². The van der Waals surface area contributed by atoms with Crippen molar-refractivity contribution < 1.29 is 9.59 Å². The maximum Gasteiger partial charge on any atom is 0.323 e. The predicted octanol–water partition coefficient (Wildman–Crippen LogP) is 3.61. The Bertz CT molecular complexity index is 1070. The SMILES string of the molecule is NC(=O)C(=Cc1c[nH]c2nc(NC(=O)N3CCCCC3)ccc12)c1ccccc1.